The maximum atomic E-state index is 15.1. The smallest absolute Gasteiger partial charge is 0.246 e. The van der Waals surface area contributed by atoms with Crippen molar-refractivity contribution in [1.82, 2.24) is 14.8 Å². The highest BCUT2D eigenvalue weighted by molar-refractivity contribution is 6.33. The molecule has 3 aromatic rings. The minimum Gasteiger partial charge on any atom is -0.507 e. The molecule has 4 heterocycles. The number of phenolic OH excluding ortho intramolecular Hbond substituents is 1. The molecule has 6 rings (SSSR count). The van der Waals surface area contributed by atoms with E-state index in [2.05, 4.69) is 11.5 Å². The van der Waals surface area contributed by atoms with Crippen molar-refractivity contribution in [3.05, 3.63) is 77.6 Å². The molecule has 2 atom stereocenters. The van der Waals surface area contributed by atoms with Gasteiger partial charge in [-0.05, 0) is 43.3 Å². The number of phenols is 1. The fourth-order valence-corrected chi connectivity index (χ4v) is 6.15. The number of ether oxygens (including phenoxy) is 1. The fourth-order valence-electron chi connectivity index (χ4n) is 5.90. The summed E-state index contributed by atoms with van der Waals surface area (Å²) in [6.07, 6.45) is -0.0901. The van der Waals surface area contributed by atoms with Gasteiger partial charge in [0, 0.05) is 38.8 Å². The minimum absolute atomic E-state index is 0.0350. The second kappa shape index (κ2) is 11.8. The van der Waals surface area contributed by atoms with Crippen molar-refractivity contribution < 1.29 is 24.1 Å². The summed E-state index contributed by atoms with van der Waals surface area (Å²) in [4.78, 5) is 29.4. The largest absolute Gasteiger partial charge is 0.507 e. The number of aromatic hydroxyl groups is 1. The van der Waals surface area contributed by atoms with Gasteiger partial charge in [-0.1, -0.05) is 36.4 Å². The van der Waals surface area contributed by atoms with Crippen LogP contribution >= 0.6 is 11.6 Å². The third-order valence-electron chi connectivity index (χ3n) is 8.00. The standard InChI is InChI=1S/C31H32ClFN6O4/c1-3-26(41)37-11-12-38(19(2)18-37)29-20-17-21(32)28(27-22(33)7-6-10-25(27)40)34-30(20)39(31(42)35-29)24-9-5-4-8-23(24)36-13-15-43-16-14-36/h3-10,17,19,31,40,42H,1,11-16,18H2,2H3/t19-,31?/m0/s1. The second-order valence-electron chi connectivity index (χ2n) is 10.6. The van der Waals surface area contributed by atoms with E-state index in [0.29, 0.717) is 68.8 Å². The summed E-state index contributed by atoms with van der Waals surface area (Å²) < 4.78 is 20.6. The van der Waals surface area contributed by atoms with Gasteiger partial charge >= 0.3 is 0 Å². The van der Waals surface area contributed by atoms with Gasteiger partial charge < -0.3 is 29.6 Å². The number of carbonyl (C=O) groups excluding carboxylic acids is 1. The van der Waals surface area contributed by atoms with E-state index in [9.17, 15) is 15.0 Å². The number of aromatic nitrogens is 1. The van der Waals surface area contributed by atoms with Crippen LogP contribution in [0.4, 0.5) is 21.6 Å². The summed E-state index contributed by atoms with van der Waals surface area (Å²) in [5, 5.41) is 22.4. The third kappa shape index (κ3) is 5.28. The van der Waals surface area contributed by atoms with Crippen LogP contribution in [0.1, 0.15) is 12.5 Å². The Morgan fingerprint density at radius 2 is 1.86 bits per heavy atom. The predicted molar refractivity (Wildman–Crippen MR) is 163 cm³/mol. The Morgan fingerprint density at radius 3 is 2.56 bits per heavy atom. The Morgan fingerprint density at radius 1 is 1.12 bits per heavy atom. The topological polar surface area (TPSA) is 105 Å². The number of aliphatic imine (C=N–C) groups is 1. The van der Waals surface area contributed by atoms with Crippen LogP contribution in [0.25, 0.3) is 11.3 Å². The molecule has 3 aliphatic heterocycles. The van der Waals surface area contributed by atoms with E-state index in [4.69, 9.17) is 26.3 Å². The predicted octanol–water partition coefficient (Wildman–Crippen LogP) is 3.98. The molecule has 10 nitrogen and oxygen atoms in total. The van der Waals surface area contributed by atoms with Crippen LogP contribution in [-0.2, 0) is 9.53 Å². The zero-order valence-electron chi connectivity index (χ0n) is 23.7. The molecule has 12 heteroatoms. The molecule has 0 spiro atoms. The average molecular weight is 607 g/mol. The van der Waals surface area contributed by atoms with Crippen LogP contribution < -0.4 is 9.80 Å². The molecule has 1 aromatic heterocycles. The van der Waals surface area contributed by atoms with E-state index in [1.807, 2.05) is 36.1 Å². The molecule has 2 N–H and O–H groups in total. The van der Waals surface area contributed by atoms with Crippen molar-refractivity contribution in [2.75, 3.05) is 55.7 Å². The van der Waals surface area contributed by atoms with Gasteiger partial charge in [-0.3, -0.25) is 9.69 Å². The van der Waals surface area contributed by atoms with E-state index in [1.165, 1.54) is 24.3 Å². The monoisotopic (exact) mass is 606 g/mol. The molecule has 3 aliphatic rings. The van der Waals surface area contributed by atoms with Crippen molar-refractivity contribution in [2.45, 2.75) is 19.3 Å². The fraction of sp³-hybridized carbons (Fsp3) is 0.323. The summed E-state index contributed by atoms with van der Waals surface area (Å²) in [5.41, 5.74) is 1.93. The summed E-state index contributed by atoms with van der Waals surface area (Å²) in [5.74, 6) is -0.382. The highest BCUT2D eigenvalue weighted by Crippen LogP contribution is 2.44. The van der Waals surface area contributed by atoms with Gasteiger partial charge in [0.2, 0.25) is 12.3 Å². The number of para-hydroxylation sites is 2. The highest BCUT2D eigenvalue weighted by Gasteiger charge is 2.38. The number of halogens is 2. The van der Waals surface area contributed by atoms with Crippen molar-refractivity contribution >= 4 is 40.5 Å². The lowest BCUT2D eigenvalue weighted by Crippen LogP contribution is -2.56. The van der Waals surface area contributed by atoms with Gasteiger partial charge in [0.25, 0.3) is 0 Å². The van der Waals surface area contributed by atoms with Crippen LogP contribution in [-0.4, -0.2) is 95.1 Å². The number of carbonyl (C=O) groups is 1. The highest BCUT2D eigenvalue weighted by atomic mass is 35.5. The van der Waals surface area contributed by atoms with Crippen LogP contribution in [0.2, 0.25) is 5.02 Å². The lowest BCUT2D eigenvalue weighted by atomic mass is 10.0. The Kier molecular flexibility index (Phi) is 7.95. The van der Waals surface area contributed by atoms with Gasteiger partial charge in [0.1, 0.15) is 23.2 Å². The number of pyridine rings is 1. The van der Waals surface area contributed by atoms with E-state index >= 15 is 4.39 Å². The number of nitrogens with zero attached hydrogens (tertiary/aromatic N) is 6. The van der Waals surface area contributed by atoms with Gasteiger partial charge in [0.15, 0.2) is 0 Å². The normalized spacial score (nSPS) is 20.5. The van der Waals surface area contributed by atoms with E-state index in [1.54, 1.807) is 15.9 Å². The summed E-state index contributed by atoms with van der Waals surface area (Å²) in [6.45, 7) is 9.35. The lowest BCUT2D eigenvalue weighted by Gasteiger charge is -2.44. The Labute approximate surface area is 253 Å². The second-order valence-corrected chi connectivity index (χ2v) is 11.0. The van der Waals surface area contributed by atoms with Gasteiger partial charge in [-0.25, -0.2) is 14.4 Å². The number of piperazine rings is 1. The number of fused-ring (bicyclic) bond motifs is 1. The minimum atomic E-state index is -1.39. The molecule has 224 valence electrons. The van der Waals surface area contributed by atoms with Gasteiger partial charge in [0.05, 0.1) is 46.4 Å². The maximum Gasteiger partial charge on any atom is 0.246 e. The van der Waals surface area contributed by atoms with Crippen molar-refractivity contribution in [3.63, 3.8) is 0 Å². The van der Waals surface area contributed by atoms with Crippen LogP contribution in [0.15, 0.2) is 66.2 Å². The quantitative estimate of drug-likeness (QED) is 0.430. The number of hydrogen-bond acceptors (Lipinski definition) is 9. The molecule has 1 amide bonds. The number of morpholine rings is 1. The number of hydrogen-bond donors (Lipinski definition) is 2. The Bertz CT molecular complexity index is 1580. The third-order valence-corrected chi connectivity index (χ3v) is 8.29. The molecule has 0 aliphatic carbocycles. The molecular weight excluding hydrogens is 575 g/mol. The first-order chi connectivity index (χ1) is 20.8. The summed E-state index contributed by atoms with van der Waals surface area (Å²) >= 11 is 6.77. The average Bonchev–Trinajstić information content (AvgIpc) is 3.01. The molecule has 0 saturated carbocycles. The van der Waals surface area contributed by atoms with E-state index in [0.717, 1.165) is 5.69 Å². The van der Waals surface area contributed by atoms with Crippen molar-refractivity contribution in [3.8, 4) is 17.0 Å². The number of amidine groups is 1. The first-order valence-corrected chi connectivity index (χ1v) is 14.5. The molecule has 2 saturated heterocycles. The number of rotatable bonds is 4. The van der Waals surface area contributed by atoms with Gasteiger partial charge in [-0.2, -0.15) is 0 Å². The summed E-state index contributed by atoms with van der Waals surface area (Å²) in [7, 11) is 0. The van der Waals surface area contributed by atoms with Gasteiger partial charge in [-0.15, -0.1) is 0 Å². The molecule has 2 fully saturated rings. The first kappa shape index (κ1) is 28.9. The first-order valence-electron chi connectivity index (χ1n) is 14.1. The number of amides is 1. The SMILES string of the molecule is C=CC(=O)N1CCN(C2=NC(O)N(c3ccccc3N3CCOCC3)c3nc(-c4c(O)cccc4F)c(Cl)cc32)[C@@H](C)C1. The number of aliphatic hydroxyl groups excluding tert-OH is 1. The van der Waals surface area contributed by atoms with E-state index in [-0.39, 0.29) is 34.0 Å². The number of aliphatic hydroxyl groups is 1. The van der Waals surface area contributed by atoms with Crippen LogP contribution in [0, 0.1) is 5.82 Å². The molecule has 0 radical (unpaired) electrons. The van der Waals surface area contributed by atoms with Crippen LogP contribution in [0.3, 0.4) is 0 Å². The van der Waals surface area contributed by atoms with Crippen molar-refractivity contribution in [1.29, 1.82) is 0 Å². The zero-order valence-corrected chi connectivity index (χ0v) is 24.4. The van der Waals surface area contributed by atoms with E-state index < -0.39 is 12.2 Å². The summed E-state index contributed by atoms with van der Waals surface area (Å²) in [6, 6.07) is 13.1. The Balaban J connectivity index is 1.51. The van der Waals surface area contributed by atoms with Crippen molar-refractivity contribution in [2.24, 2.45) is 4.99 Å². The lowest BCUT2D eigenvalue weighted by molar-refractivity contribution is -0.128. The molecule has 0 bridgehead atoms. The molecule has 2 aromatic carbocycles. The number of anilines is 3. The number of benzene rings is 2. The Hall–Kier alpha value is -4.19. The molecular formula is C31H32ClFN6O4. The maximum absolute atomic E-state index is 15.1. The molecule has 1 unspecified atom stereocenters. The zero-order chi connectivity index (χ0) is 30.2. The van der Waals surface area contributed by atoms with Crippen LogP contribution in [0.5, 0.6) is 5.75 Å². The molecule has 43 heavy (non-hydrogen) atoms.